The molecule has 92 valence electrons. The number of nitrogens with zero attached hydrogens (tertiary/aromatic N) is 2. The van der Waals surface area contributed by atoms with Gasteiger partial charge in [0.15, 0.2) is 5.79 Å². The molecule has 4 nitrogen and oxygen atoms in total. The van der Waals surface area contributed by atoms with E-state index in [0.717, 1.165) is 36.2 Å². The van der Waals surface area contributed by atoms with E-state index in [9.17, 15) is 0 Å². The Kier molecular flexibility index (Phi) is 3.06. The van der Waals surface area contributed by atoms with Gasteiger partial charge in [-0.3, -0.25) is 0 Å². The third-order valence-electron chi connectivity index (χ3n) is 3.27. The summed E-state index contributed by atoms with van der Waals surface area (Å²) in [5, 5.41) is 0. The second-order valence-corrected chi connectivity index (χ2v) is 5.38. The van der Waals surface area contributed by atoms with Gasteiger partial charge in [0.2, 0.25) is 0 Å². The Hall–Kier alpha value is -0.650. The molecule has 1 aromatic heterocycles. The van der Waals surface area contributed by atoms with Crippen molar-refractivity contribution in [2.45, 2.75) is 18.6 Å². The predicted molar refractivity (Wildman–Crippen MR) is 68.0 cm³/mol. The molecular formula is C12H15BrN2O2. The molecule has 2 fully saturated rings. The van der Waals surface area contributed by atoms with Crippen molar-refractivity contribution in [2.24, 2.45) is 0 Å². The number of rotatable bonds is 1. The fourth-order valence-corrected chi connectivity index (χ4v) is 2.71. The molecular weight excluding hydrogens is 284 g/mol. The standard InChI is InChI=1S/C12H15BrN2O2/c13-10-2-3-11(14-8-10)15-5-1-4-12(9-15)16-6-7-17-12/h2-3,8H,1,4-7,9H2. The maximum atomic E-state index is 5.76. The number of hydrogen-bond acceptors (Lipinski definition) is 4. The van der Waals surface area contributed by atoms with Crippen molar-refractivity contribution in [3.05, 3.63) is 22.8 Å². The number of hydrogen-bond donors (Lipinski definition) is 0. The van der Waals surface area contributed by atoms with Gasteiger partial charge in [-0.15, -0.1) is 0 Å². The van der Waals surface area contributed by atoms with Gasteiger partial charge in [0.1, 0.15) is 5.82 Å². The summed E-state index contributed by atoms with van der Waals surface area (Å²) in [6, 6.07) is 4.04. The molecule has 2 aliphatic heterocycles. The molecule has 0 aliphatic carbocycles. The van der Waals surface area contributed by atoms with Crippen molar-refractivity contribution in [3.8, 4) is 0 Å². The summed E-state index contributed by atoms with van der Waals surface area (Å²) in [7, 11) is 0. The van der Waals surface area contributed by atoms with Crippen LogP contribution in [0.15, 0.2) is 22.8 Å². The van der Waals surface area contributed by atoms with E-state index in [1.807, 2.05) is 18.3 Å². The van der Waals surface area contributed by atoms with E-state index >= 15 is 0 Å². The molecule has 0 N–H and O–H groups in total. The van der Waals surface area contributed by atoms with E-state index in [1.54, 1.807) is 0 Å². The molecule has 0 amide bonds. The molecule has 1 aromatic rings. The maximum Gasteiger partial charge on any atom is 0.186 e. The lowest BCUT2D eigenvalue weighted by atomic mass is 10.0. The van der Waals surface area contributed by atoms with Gasteiger partial charge in [0.25, 0.3) is 0 Å². The average Bonchev–Trinajstić information content (AvgIpc) is 2.78. The predicted octanol–water partition coefficient (Wildman–Crippen LogP) is 2.19. The zero-order valence-corrected chi connectivity index (χ0v) is 11.1. The highest BCUT2D eigenvalue weighted by Crippen LogP contribution is 2.32. The summed E-state index contributed by atoms with van der Waals surface area (Å²) >= 11 is 3.40. The van der Waals surface area contributed by atoms with Crippen molar-refractivity contribution < 1.29 is 9.47 Å². The van der Waals surface area contributed by atoms with Gasteiger partial charge < -0.3 is 14.4 Å². The van der Waals surface area contributed by atoms with E-state index in [1.165, 1.54) is 0 Å². The van der Waals surface area contributed by atoms with Gasteiger partial charge in [-0.05, 0) is 34.5 Å². The minimum Gasteiger partial charge on any atom is -0.351 e. The first-order chi connectivity index (χ1) is 8.27. The van der Waals surface area contributed by atoms with Crippen molar-refractivity contribution in [1.29, 1.82) is 0 Å². The Morgan fingerprint density at radius 3 is 2.82 bits per heavy atom. The Balaban J connectivity index is 1.77. The Labute approximate surface area is 109 Å². The molecule has 3 heterocycles. The van der Waals surface area contributed by atoms with Crippen LogP contribution >= 0.6 is 15.9 Å². The van der Waals surface area contributed by atoms with Crippen LogP contribution in [0, 0.1) is 0 Å². The zero-order chi connectivity index (χ0) is 11.7. The normalized spacial score (nSPS) is 23.2. The molecule has 3 rings (SSSR count). The van der Waals surface area contributed by atoms with Crippen LogP contribution in [-0.4, -0.2) is 37.1 Å². The van der Waals surface area contributed by atoms with Crippen molar-refractivity contribution in [3.63, 3.8) is 0 Å². The van der Waals surface area contributed by atoms with Crippen molar-refractivity contribution >= 4 is 21.7 Å². The summed E-state index contributed by atoms with van der Waals surface area (Å²) in [6.07, 6.45) is 3.89. The van der Waals surface area contributed by atoms with E-state index < -0.39 is 0 Å². The SMILES string of the molecule is Brc1ccc(N2CCCC3(C2)OCCO3)nc1. The van der Waals surface area contributed by atoms with Crippen molar-refractivity contribution in [1.82, 2.24) is 4.98 Å². The molecule has 17 heavy (non-hydrogen) atoms. The van der Waals surface area contributed by atoms with Crippen LogP contribution in [0.4, 0.5) is 5.82 Å². The quantitative estimate of drug-likeness (QED) is 0.796. The van der Waals surface area contributed by atoms with E-state index in [0.29, 0.717) is 13.2 Å². The number of pyridine rings is 1. The molecule has 2 saturated heterocycles. The maximum absolute atomic E-state index is 5.76. The lowest BCUT2D eigenvalue weighted by Gasteiger charge is -2.39. The molecule has 2 aliphatic rings. The highest BCUT2D eigenvalue weighted by Gasteiger charge is 2.41. The summed E-state index contributed by atoms with van der Waals surface area (Å²) < 4.78 is 12.5. The number of aromatic nitrogens is 1. The first-order valence-corrected chi connectivity index (χ1v) is 6.71. The topological polar surface area (TPSA) is 34.6 Å². The van der Waals surface area contributed by atoms with E-state index in [-0.39, 0.29) is 5.79 Å². The van der Waals surface area contributed by atoms with E-state index in [4.69, 9.17) is 9.47 Å². The summed E-state index contributed by atoms with van der Waals surface area (Å²) in [5.41, 5.74) is 0. The molecule has 0 atom stereocenters. The summed E-state index contributed by atoms with van der Waals surface area (Å²) in [5.74, 6) is 0.610. The fourth-order valence-electron chi connectivity index (χ4n) is 2.47. The molecule has 0 unspecified atom stereocenters. The van der Waals surface area contributed by atoms with Gasteiger partial charge in [-0.1, -0.05) is 0 Å². The molecule has 0 saturated carbocycles. The average molecular weight is 299 g/mol. The van der Waals surface area contributed by atoms with Gasteiger partial charge in [0.05, 0.1) is 19.8 Å². The number of piperidine rings is 1. The van der Waals surface area contributed by atoms with Crippen LogP contribution in [0.5, 0.6) is 0 Å². The van der Waals surface area contributed by atoms with Gasteiger partial charge in [-0.2, -0.15) is 0 Å². The summed E-state index contributed by atoms with van der Waals surface area (Å²) in [6.45, 7) is 3.22. The monoisotopic (exact) mass is 298 g/mol. The van der Waals surface area contributed by atoms with Crippen molar-refractivity contribution in [2.75, 3.05) is 31.2 Å². The molecule has 0 bridgehead atoms. The number of halogens is 1. The van der Waals surface area contributed by atoms with Crippen LogP contribution in [-0.2, 0) is 9.47 Å². The van der Waals surface area contributed by atoms with Crippen LogP contribution in [0.1, 0.15) is 12.8 Å². The summed E-state index contributed by atoms with van der Waals surface area (Å²) in [4.78, 5) is 6.66. The molecule has 1 spiro atoms. The van der Waals surface area contributed by atoms with Gasteiger partial charge in [0, 0.05) is 23.6 Å². The minimum atomic E-state index is -0.382. The molecule has 0 radical (unpaired) electrons. The molecule has 5 heteroatoms. The smallest absolute Gasteiger partial charge is 0.186 e. The Morgan fingerprint density at radius 2 is 2.12 bits per heavy atom. The van der Waals surface area contributed by atoms with Gasteiger partial charge in [-0.25, -0.2) is 4.98 Å². The fraction of sp³-hybridized carbons (Fsp3) is 0.583. The van der Waals surface area contributed by atoms with Crippen LogP contribution in [0.3, 0.4) is 0 Å². The third-order valence-corrected chi connectivity index (χ3v) is 3.74. The van der Waals surface area contributed by atoms with E-state index in [2.05, 4.69) is 25.8 Å². The minimum absolute atomic E-state index is 0.382. The lowest BCUT2D eigenvalue weighted by molar-refractivity contribution is -0.161. The second kappa shape index (κ2) is 4.55. The first kappa shape index (κ1) is 11.4. The van der Waals surface area contributed by atoms with Crippen LogP contribution in [0.25, 0.3) is 0 Å². The Bertz CT molecular complexity index is 390. The second-order valence-electron chi connectivity index (χ2n) is 4.47. The third kappa shape index (κ3) is 2.32. The molecule has 0 aromatic carbocycles. The zero-order valence-electron chi connectivity index (χ0n) is 9.56. The highest BCUT2D eigenvalue weighted by molar-refractivity contribution is 9.10. The van der Waals surface area contributed by atoms with Crippen LogP contribution < -0.4 is 4.90 Å². The first-order valence-electron chi connectivity index (χ1n) is 5.92. The Morgan fingerprint density at radius 1 is 1.29 bits per heavy atom. The van der Waals surface area contributed by atoms with Gasteiger partial charge >= 0.3 is 0 Å². The number of ether oxygens (including phenoxy) is 2. The lowest BCUT2D eigenvalue weighted by Crippen LogP contribution is -2.49. The number of anilines is 1. The highest BCUT2D eigenvalue weighted by atomic mass is 79.9. The van der Waals surface area contributed by atoms with Crippen LogP contribution in [0.2, 0.25) is 0 Å². The largest absolute Gasteiger partial charge is 0.351 e.